The van der Waals surface area contributed by atoms with E-state index < -0.39 is 10.0 Å². The Morgan fingerprint density at radius 3 is 2.06 bits per heavy atom. The van der Waals surface area contributed by atoms with Gasteiger partial charge in [0, 0.05) is 18.8 Å². The molecule has 0 bridgehead atoms. The maximum Gasteiger partial charge on any atom is 0.333 e. The molecule has 0 aromatic carbocycles. The Morgan fingerprint density at radius 1 is 1.29 bits per heavy atom. The molecule has 0 amide bonds. The van der Waals surface area contributed by atoms with E-state index in [0.29, 0.717) is 5.57 Å². The van der Waals surface area contributed by atoms with Crippen LogP contribution in [0, 0.1) is 0 Å². The molecule has 0 aromatic heterocycles. The van der Waals surface area contributed by atoms with Gasteiger partial charge < -0.3 is 13.6 Å². The summed E-state index contributed by atoms with van der Waals surface area (Å²) in [5, 5.41) is 0. The van der Waals surface area contributed by atoms with Gasteiger partial charge in [-0.05, 0) is 40.5 Å². The van der Waals surface area contributed by atoms with E-state index in [0.717, 1.165) is 26.1 Å². The number of esters is 1. The molecule has 5 heteroatoms. The minimum absolute atomic E-state index is 0.157. The number of carbonyl (C=O) groups excluding carboxylic acids is 1. The highest BCUT2D eigenvalue weighted by atomic mass is 28.3. The molecule has 0 N–H and O–H groups in total. The van der Waals surface area contributed by atoms with Crippen LogP contribution in [-0.2, 0) is 18.4 Å². The van der Waals surface area contributed by atoms with E-state index >= 15 is 0 Å². The summed E-state index contributed by atoms with van der Waals surface area (Å²) in [5.74, 6) is -0.264. The van der Waals surface area contributed by atoms with Crippen molar-refractivity contribution >= 4 is 16.0 Å². The third-order valence-corrected chi connectivity index (χ3v) is 3.37. The van der Waals surface area contributed by atoms with Crippen molar-refractivity contribution in [3.8, 4) is 0 Å². The Morgan fingerprint density at radius 2 is 1.76 bits per heavy atom. The topological polar surface area (TPSA) is 44.8 Å². The molecule has 0 atom stereocenters. The molecule has 0 aliphatic heterocycles. The summed E-state index contributed by atoms with van der Waals surface area (Å²) in [6.07, 6.45) is 1.98. The van der Waals surface area contributed by atoms with Crippen LogP contribution in [0.25, 0.3) is 0 Å². The maximum atomic E-state index is 10.9. The van der Waals surface area contributed by atoms with Crippen molar-refractivity contribution in [1.82, 2.24) is 0 Å². The predicted molar refractivity (Wildman–Crippen MR) is 70.3 cm³/mol. The molecular weight excluding hydrogens is 236 g/mol. The SMILES string of the molecule is C=C(C)C(=O)OC1(C)CC1.CCO[SiH2]OCC. The Balaban J connectivity index is 0.000000325. The van der Waals surface area contributed by atoms with Gasteiger partial charge in [0.15, 0.2) is 0 Å². The van der Waals surface area contributed by atoms with Crippen LogP contribution in [0.15, 0.2) is 12.2 Å². The molecule has 0 aromatic rings. The third-order valence-electron chi connectivity index (χ3n) is 2.22. The summed E-state index contributed by atoms with van der Waals surface area (Å²) in [4.78, 5) is 10.9. The molecule has 1 fully saturated rings. The molecule has 1 rings (SSSR count). The lowest BCUT2D eigenvalue weighted by atomic mass is 10.3. The molecule has 17 heavy (non-hydrogen) atoms. The summed E-state index contributed by atoms with van der Waals surface area (Å²) in [5.41, 5.74) is 0.323. The molecule has 0 saturated heterocycles. The number of hydrogen-bond acceptors (Lipinski definition) is 4. The normalized spacial score (nSPS) is 15.5. The fourth-order valence-corrected chi connectivity index (χ4v) is 1.27. The van der Waals surface area contributed by atoms with E-state index in [-0.39, 0.29) is 11.6 Å². The summed E-state index contributed by atoms with van der Waals surface area (Å²) in [6.45, 7) is 12.6. The summed E-state index contributed by atoms with van der Waals surface area (Å²) < 4.78 is 15.1. The van der Waals surface area contributed by atoms with Crippen molar-refractivity contribution in [2.45, 2.75) is 46.1 Å². The average molecular weight is 260 g/mol. The molecule has 1 saturated carbocycles. The van der Waals surface area contributed by atoms with Gasteiger partial charge in [-0.2, -0.15) is 0 Å². The zero-order valence-electron chi connectivity index (χ0n) is 11.4. The second-order valence-electron chi connectivity index (χ2n) is 4.22. The van der Waals surface area contributed by atoms with Crippen LogP contribution in [0.4, 0.5) is 0 Å². The molecular formula is C12H24O4Si. The molecule has 100 valence electrons. The van der Waals surface area contributed by atoms with Crippen molar-refractivity contribution in [1.29, 1.82) is 0 Å². The van der Waals surface area contributed by atoms with Crippen LogP contribution in [0.5, 0.6) is 0 Å². The monoisotopic (exact) mass is 260 g/mol. The molecule has 1 aliphatic carbocycles. The highest BCUT2D eigenvalue weighted by Gasteiger charge is 2.41. The lowest BCUT2D eigenvalue weighted by molar-refractivity contribution is -0.145. The van der Waals surface area contributed by atoms with Gasteiger partial charge in [0.05, 0.1) is 0 Å². The molecule has 1 aliphatic rings. The van der Waals surface area contributed by atoms with Crippen molar-refractivity contribution in [3.63, 3.8) is 0 Å². The van der Waals surface area contributed by atoms with Gasteiger partial charge in [-0.15, -0.1) is 0 Å². The van der Waals surface area contributed by atoms with Gasteiger partial charge in [-0.25, -0.2) is 4.79 Å². The van der Waals surface area contributed by atoms with Crippen molar-refractivity contribution in [2.75, 3.05) is 13.2 Å². The molecule has 0 radical (unpaired) electrons. The summed E-state index contributed by atoms with van der Waals surface area (Å²) in [7, 11) is -0.589. The van der Waals surface area contributed by atoms with Gasteiger partial charge in [0.2, 0.25) is 0 Å². The van der Waals surface area contributed by atoms with Crippen LogP contribution >= 0.6 is 0 Å². The highest BCUT2D eigenvalue weighted by molar-refractivity contribution is 6.17. The summed E-state index contributed by atoms with van der Waals surface area (Å²) >= 11 is 0. The number of ether oxygens (including phenoxy) is 1. The van der Waals surface area contributed by atoms with Crippen molar-refractivity contribution in [2.24, 2.45) is 0 Å². The lowest BCUT2D eigenvalue weighted by Gasteiger charge is -2.09. The van der Waals surface area contributed by atoms with Gasteiger partial charge in [-0.3, -0.25) is 0 Å². The third kappa shape index (κ3) is 9.09. The van der Waals surface area contributed by atoms with Crippen LogP contribution < -0.4 is 0 Å². The summed E-state index contributed by atoms with van der Waals surface area (Å²) in [6, 6.07) is 0. The zero-order chi connectivity index (χ0) is 13.3. The molecule has 0 unspecified atom stereocenters. The van der Waals surface area contributed by atoms with E-state index in [1.54, 1.807) is 6.92 Å². The molecule has 0 spiro atoms. The minimum Gasteiger partial charge on any atom is -0.456 e. The maximum absolute atomic E-state index is 10.9. The first-order valence-corrected chi connectivity index (χ1v) is 7.15. The smallest absolute Gasteiger partial charge is 0.333 e. The zero-order valence-corrected chi connectivity index (χ0v) is 12.8. The average Bonchev–Trinajstić information content (AvgIpc) is 2.97. The van der Waals surface area contributed by atoms with Crippen LogP contribution in [0.1, 0.15) is 40.5 Å². The van der Waals surface area contributed by atoms with E-state index in [4.69, 9.17) is 13.6 Å². The molecule has 4 nitrogen and oxygen atoms in total. The van der Waals surface area contributed by atoms with Crippen LogP contribution in [0.3, 0.4) is 0 Å². The van der Waals surface area contributed by atoms with E-state index in [1.165, 1.54) is 0 Å². The van der Waals surface area contributed by atoms with E-state index in [9.17, 15) is 4.79 Å². The lowest BCUT2D eigenvalue weighted by Crippen LogP contribution is -2.15. The number of hydrogen-bond donors (Lipinski definition) is 0. The van der Waals surface area contributed by atoms with Gasteiger partial charge in [0.25, 0.3) is 0 Å². The van der Waals surface area contributed by atoms with Crippen LogP contribution in [0.2, 0.25) is 0 Å². The second-order valence-corrected chi connectivity index (χ2v) is 5.28. The van der Waals surface area contributed by atoms with Crippen molar-refractivity contribution in [3.05, 3.63) is 12.2 Å². The first kappa shape index (κ1) is 16.3. The van der Waals surface area contributed by atoms with Gasteiger partial charge in [-0.1, -0.05) is 6.58 Å². The Kier molecular flexibility index (Phi) is 8.12. The fraction of sp³-hybridized carbons (Fsp3) is 0.750. The van der Waals surface area contributed by atoms with Gasteiger partial charge >= 0.3 is 16.0 Å². The standard InChI is InChI=1S/C8H12O2.C4H12O2Si/c1-6(2)7(9)10-8(3)4-5-8;1-3-5-7-6-4-2/h1,4-5H2,2-3H3;3-4,7H2,1-2H3. The predicted octanol–water partition coefficient (Wildman–Crippen LogP) is 1.72. The molecule has 0 heterocycles. The highest BCUT2D eigenvalue weighted by Crippen LogP contribution is 2.39. The van der Waals surface area contributed by atoms with Crippen LogP contribution in [-0.4, -0.2) is 34.8 Å². The second kappa shape index (κ2) is 8.44. The number of carbonyl (C=O) groups is 1. The minimum atomic E-state index is -0.589. The Hall–Kier alpha value is -0.653. The van der Waals surface area contributed by atoms with Crippen molar-refractivity contribution < 1.29 is 18.4 Å². The van der Waals surface area contributed by atoms with E-state index in [1.807, 2.05) is 20.8 Å². The number of rotatable bonds is 6. The Labute approximate surface area is 106 Å². The first-order chi connectivity index (χ1) is 7.95. The first-order valence-electron chi connectivity index (χ1n) is 5.99. The largest absolute Gasteiger partial charge is 0.456 e. The fourth-order valence-electron chi connectivity index (χ4n) is 0.815. The Bertz CT molecular complexity index is 245. The van der Waals surface area contributed by atoms with E-state index in [2.05, 4.69) is 6.58 Å². The van der Waals surface area contributed by atoms with Gasteiger partial charge in [0.1, 0.15) is 5.60 Å². The quantitative estimate of drug-likeness (QED) is 0.316.